The Balaban J connectivity index is 1.49. The van der Waals surface area contributed by atoms with Crippen molar-refractivity contribution in [3.63, 3.8) is 0 Å². The van der Waals surface area contributed by atoms with Gasteiger partial charge < -0.3 is 24.2 Å². The first kappa shape index (κ1) is 19.5. The number of carbonyl (C=O) groups excluding carboxylic acids is 3. The summed E-state index contributed by atoms with van der Waals surface area (Å²) < 4.78 is 16.5. The molecule has 4 rings (SSSR count). The van der Waals surface area contributed by atoms with E-state index in [1.165, 1.54) is 12.3 Å². The molecule has 0 saturated carbocycles. The van der Waals surface area contributed by atoms with Gasteiger partial charge in [-0.2, -0.15) is 10.5 Å². The highest BCUT2D eigenvalue weighted by Crippen LogP contribution is 2.35. The summed E-state index contributed by atoms with van der Waals surface area (Å²) in [5, 5.41) is 9.43. The molecular formula is C18H15N3O9. The lowest BCUT2D eigenvalue weighted by atomic mass is 10.1. The minimum Gasteiger partial charge on any atom is -0.447 e. The van der Waals surface area contributed by atoms with Crippen LogP contribution in [0.3, 0.4) is 0 Å². The highest BCUT2D eigenvalue weighted by molar-refractivity contribution is 6.30. The summed E-state index contributed by atoms with van der Waals surface area (Å²) in [6.07, 6.45) is -3.11. The molecule has 156 valence electrons. The van der Waals surface area contributed by atoms with Crippen molar-refractivity contribution in [1.29, 1.82) is 0 Å². The first-order valence-electron chi connectivity index (χ1n) is 8.77. The van der Waals surface area contributed by atoms with E-state index in [1.807, 2.05) is 0 Å². The zero-order chi connectivity index (χ0) is 21.3. The van der Waals surface area contributed by atoms with Crippen LogP contribution in [0.25, 0.3) is 0 Å². The van der Waals surface area contributed by atoms with Crippen LogP contribution in [0.15, 0.2) is 47.4 Å². The summed E-state index contributed by atoms with van der Waals surface area (Å²) in [5.74, 6) is -3.16. The van der Waals surface area contributed by atoms with Crippen molar-refractivity contribution in [2.24, 2.45) is 0 Å². The fourth-order valence-electron chi connectivity index (χ4n) is 3.09. The number of nitrogens with one attached hydrogen (secondary N) is 1. The van der Waals surface area contributed by atoms with Crippen LogP contribution in [0.2, 0.25) is 0 Å². The molecule has 30 heavy (non-hydrogen) atoms. The van der Waals surface area contributed by atoms with E-state index >= 15 is 0 Å². The van der Waals surface area contributed by atoms with Crippen LogP contribution in [0.1, 0.15) is 16.6 Å². The van der Waals surface area contributed by atoms with Gasteiger partial charge in [-0.3, -0.25) is 4.57 Å². The van der Waals surface area contributed by atoms with Crippen molar-refractivity contribution in [1.82, 2.24) is 9.55 Å². The summed E-state index contributed by atoms with van der Waals surface area (Å²) in [6.45, 7) is -0.528. The Hall–Kier alpha value is -3.77. The third kappa shape index (κ3) is 3.60. The molecule has 2 N–H and O–H groups in total. The van der Waals surface area contributed by atoms with Gasteiger partial charge >= 0.3 is 23.6 Å². The number of nitrogens with zero attached hydrogens (tertiary/aromatic N) is 2. The summed E-state index contributed by atoms with van der Waals surface area (Å²) in [4.78, 5) is 56.0. The largest absolute Gasteiger partial charge is 0.447 e. The van der Waals surface area contributed by atoms with Crippen molar-refractivity contribution in [3.05, 3.63) is 58.6 Å². The molecule has 12 heteroatoms. The Labute approximate surface area is 167 Å². The Bertz CT molecular complexity index is 1040. The highest BCUT2D eigenvalue weighted by Gasteiger charge is 2.54. The van der Waals surface area contributed by atoms with Crippen LogP contribution >= 0.6 is 0 Å². The van der Waals surface area contributed by atoms with E-state index in [-0.39, 0.29) is 5.82 Å². The van der Waals surface area contributed by atoms with Crippen LogP contribution in [-0.2, 0) is 28.6 Å². The van der Waals surface area contributed by atoms with E-state index in [2.05, 4.69) is 10.5 Å². The lowest BCUT2D eigenvalue weighted by Gasteiger charge is -2.27. The molecule has 1 aromatic heterocycles. The lowest BCUT2D eigenvalue weighted by molar-refractivity contribution is -0.195. The van der Waals surface area contributed by atoms with Crippen molar-refractivity contribution in [3.8, 4) is 0 Å². The predicted octanol–water partition coefficient (Wildman–Crippen LogP) is -0.846. The number of hydrogen-bond acceptors (Lipinski definition) is 11. The van der Waals surface area contributed by atoms with Crippen LogP contribution in [0.4, 0.5) is 5.82 Å². The molecule has 0 bridgehead atoms. The Morgan fingerprint density at radius 2 is 1.80 bits per heavy atom. The number of anilines is 1. The van der Waals surface area contributed by atoms with E-state index in [4.69, 9.17) is 19.0 Å². The fraction of sp³-hybridized carbons (Fsp3) is 0.278. The summed E-state index contributed by atoms with van der Waals surface area (Å²) in [6, 6.07) is 9.51. The van der Waals surface area contributed by atoms with Crippen molar-refractivity contribution < 1.29 is 38.5 Å². The average Bonchev–Trinajstić information content (AvgIpc) is 3.10. The smallest absolute Gasteiger partial charge is 0.418 e. The molecule has 0 radical (unpaired) electrons. The molecule has 2 saturated heterocycles. The number of aliphatic hydroxyl groups excluding tert-OH is 1. The number of esters is 2. The van der Waals surface area contributed by atoms with Crippen molar-refractivity contribution in [2.45, 2.75) is 24.5 Å². The summed E-state index contributed by atoms with van der Waals surface area (Å²) in [5.41, 5.74) is 1.75. The zero-order valence-electron chi connectivity index (χ0n) is 15.2. The first-order chi connectivity index (χ1) is 14.5. The van der Waals surface area contributed by atoms with Gasteiger partial charge in [0.2, 0.25) is 0 Å². The number of rotatable bonds is 5. The molecule has 2 aliphatic rings. The van der Waals surface area contributed by atoms with E-state index in [0.29, 0.717) is 5.56 Å². The second kappa shape index (κ2) is 7.93. The van der Waals surface area contributed by atoms with Gasteiger partial charge in [0.25, 0.3) is 0 Å². The molecule has 3 heterocycles. The number of ether oxygens (including phenoxy) is 3. The van der Waals surface area contributed by atoms with E-state index < -0.39 is 54.7 Å². The number of hydrogen-bond donors (Lipinski definition) is 2. The first-order valence-corrected chi connectivity index (χ1v) is 8.77. The third-order valence-corrected chi connectivity index (χ3v) is 4.48. The molecule has 2 fully saturated rings. The number of aromatic nitrogens is 2. The van der Waals surface area contributed by atoms with Crippen molar-refractivity contribution in [2.75, 3.05) is 12.1 Å². The zero-order valence-corrected chi connectivity index (χ0v) is 15.2. The Kier molecular flexibility index (Phi) is 5.16. The Morgan fingerprint density at radius 1 is 1.10 bits per heavy atom. The van der Waals surface area contributed by atoms with Crippen LogP contribution in [0.5, 0.6) is 0 Å². The van der Waals surface area contributed by atoms with Crippen LogP contribution in [0, 0.1) is 0 Å². The van der Waals surface area contributed by atoms with E-state index in [9.17, 15) is 24.3 Å². The van der Waals surface area contributed by atoms with Crippen LogP contribution in [-0.4, -0.2) is 57.5 Å². The van der Waals surface area contributed by atoms with Gasteiger partial charge in [0.15, 0.2) is 24.3 Å². The summed E-state index contributed by atoms with van der Waals surface area (Å²) in [7, 11) is 0. The van der Waals surface area contributed by atoms with Gasteiger partial charge in [-0.05, 0) is 12.1 Å². The molecule has 0 unspecified atom stereocenters. The van der Waals surface area contributed by atoms with E-state index in [1.54, 1.807) is 30.3 Å². The predicted molar refractivity (Wildman–Crippen MR) is 94.7 cm³/mol. The maximum Gasteiger partial charge on any atom is 0.418 e. The minimum absolute atomic E-state index is 0.0548. The average molecular weight is 417 g/mol. The molecule has 2 aliphatic heterocycles. The fourth-order valence-corrected chi connectivity index (χ4v) is 3.09. The van der Waals surface area contributed by atoms with Gasteiger partial charge in [0.05, 0.1) is 12.2 Å². The van der Waals surface area contributed by atoms with E-state index in [0.717, 1.165) is 4.57 Å². The lowest BCUT2D eigenvalue weighted by Crippen LogP contribution is -2.48. The minimum atomic E-state index is -1.23. The number of aliphatic hydroxyl groups is 1. The van der Waals surface area contributed by atoms with Gasteiger partial charge in [-0.15, -0.1) is 0 Å². The molecule has 1 aromatic carbocycles. The molecule has 0 spiro atoms. The molecule has 4 atom stereocenters. The van der Waals surface area contributed by atoms with Gasteiger partial charge in [0.1, 0.15) is 6.10 Å². The standard InChI is InChI=1S/C18H15N3O9/c22-8-10-12-13(29-17(25)16(24)28-12)14(27-10)21-7-6-11(19-18(21)26)20-30-15(23)9-4-2-1-3-5-9/h1-7,10,12-14,22H,8H2,(H,19,20,26)/t10-,12-,13-,14-/m1/s1. The molecular weight excluding hydrogens is 402 g/mol. The van der Waals surface area contributed by atoms with Crippen molar-refractivity contribution >= 4 is 23.7 Å². The SMILES string of the molecule is O=C1O[C@@H]2[C@H](OC1=O)[C@@H](CO)O[C@H]2n1ccc(NOC(=O)c2ccccc2)nc1=O. The number of carbonyl (C=O) groups is 3. The van der Waals surface area contributed by atoms with Crippen LogP contribution < -0.4 is 11.2 Å². The molecule has 12 nitrogen and oxygen atoms in total. The molecule has 0 aliphatic carbocycles. The maximum atomic E-state index is 12.4. The second-order valence-corrected chi connectivity index (χ2v) is 6.35. The van der Waals surface area contributed by atoms with Gasteiger partial charge in [0, 0.05) is 12.3 Å². The second-order valence-electron chi connectivity index (χ2n) is 6.35. The Morgan fingerprint density at radius 3 is 2.47 bits per heavy atom. The van der Waals surface area contributed by atoms with Gasteiger partial charge in [-0.1, -0.05) is 18.2 Å². The topological polar surface area (TPSA) is 155 Å². The number of fused-ring (bicyclic) bond motifs is 1. The highest BCUT2D eigenvalue weighted by atomic mass is 16.7. The van der Waals surface area contributed by atoms with Gasteiger partial charge in [-0.25, -0.2) is 19.2 Å². The third-order valence-electron chi connectivity index (χ3n) is 4.48. The summed E-state index contributed by atoms with van der Waals surface area (Å²) >= 11 is 0. The number of benzene rings is 1. The molecule has 0 amide bonds. The maximum absolute atomic E-state index is 12.4. The monoisotopic (exact) mass is 417 g/mol. The molecule has 2 aromatic rings. The normalized spacial score (nSPS) is 25.1. The quantitative estimate of drug-likeness (QED) is 0.270.